The van der Waals surface area contributed by atoms with Crippen LogP contribution in [0.25, 0.3) is 0 Å². The van der Waals surface area contributed by atoms with Gasteiger partial charge in [0.15, 0.2) is 0 Å². The molecule has 0 saturated carbocycles. The van der Waals surface area contributed by atoms with Gasteiger partial charge < -0.3 is 10.5 Å². The van der Waals surface area contributed by atoms with Crippen LogP contribution in [0.4, 0.5) is 0 Å². The molecule has 2 unspecified atom stereocenters. The van der Waals surface area contributed by atoms with Crippen LogP contribution in [0.2, 0.25) is 0 Å². The standard InChI is InChI=1S/C12H17NO/c1-3-9-4-5-12-10(7-9)11(13)6-8(2)14-12/h4-5,7-8,11H,3,6,13H2,1-2H3. The zero-order chi connectivity index (χ0) is 10.1. The average Bonchev–Trinajstić information content (AvgIpc) is 2.17. The fraction of sp³-hybridized carbons (Fsp3) is 0.500. The smallest absolute Gasteiger partial charge is 0.124 e. The van der Waals surface area contributed by atoms with Gasteiger partial charge in [-0.2, -0.15) is 0 Å². The van der Waals surface area contributed by atoms with Gasteiger partial charge in [-0.1, -0.05) is 19.1 Å². The van der Waals surface area contributed by atoms with Crippen LogP contribution in [-0.2, 0) is 6.42 Å². The zero-order valence-corrected chi connectivity index (χ0v) is 8.79. The summed E-state index contributed by atoms with van der Waals surface area (Å²) in [6.45, 7) is 4.22. The lowest BCUT2D eigenvalue weighted by atomic mass is 9.95. The van der Waals surface area contributed by atoms with Crippen LogP contribution in [0.1, 0.15) is 37.4 Å². The molecule has 0 aromatic heterocycles. The number of hydrogen-bond donors (Lipinski definition) is 1. The second kappa shape index (κ2) is 3.62. The van der Waals surface area contributed by atoms with Crippen molar-refractivity contribution in [2.24, 2.45) is 5.73 Å². The number of ether oxygens (including phenoxy) is 1. The van der Waals surface area contributed by atoms with E-state index in [1.165, 1.54) is 11.1 Å². The highest BCUT2D eigenvalue weighted by Crippen LogP contribution is 2.33. The van der Waals surface area contributed by atoms with E-state index in [-0.39, 0.29) is 12.1 Å². The molecule has 2 nitrogen and oxygen atoms in total. The highest BCUT2D eigenvalue weighted by Gasteiger charge is 2.22. The van der Waals surface area contributed by atoms with Crippen LogP contribution in [0.15, 0.2) is 18.2 Å². The molecule has 0 spiro atoms. The van der Waals surface area contributed by atoms with Crippen molar-refractivity contribution >= 4 is 0 Å². The molecule has 1 aromatic carbocycles. The van der Waals surface area contributed by atoms with Gasteiger partial charge in [0.2, 0.25) is 0 Å². The SMILES string of the molecule is CCc1ccc2c(c1)C(N)CC(C)O2. The van der Waals surface area contributed by atoms with E-state index in [0.29, 0.717) is 0 Å². The van der Waals surface area contributed by atoms with E-state index in [0.717, 1.165) is 18.6 Å². The molecule has 2 N–H and O–H groups in total. The monoisotopic (exact) mass is 191 g/mol. The summed E-state index contributed by atoms with van der Waals surface area (Å²) in [7, 11) is 0. The molecule has 0 fully saturated rings. The van der Waals surface area contributed by atoms with Crippen molar-refractivity contribution in [3.05, 3.63) is 29.3 Å². The van der Waals surface area contributed by atoms with Crippen molar-refractivity contribution in [2.75, 3.05) is 0 Å². The van der Waals surface area contributed by atoms with Gasteiger partial charge in [-0.15, -0.1) is 0 Å². The molecule has 0 amide bonds. The van der Waals surface area contributed by atoms with Gasteiger partial charge in [-0.05, 0) is 25.0 Å². The highest BCUT2D eigenvalue weighted by atomic mass is 16.5. The van der Waals surface area contributed by atoms with E-state index in [9.17, 15) is 0 Å². The second-order valence-corrected chi connectivity index (χ2v) is 4.00. The topological polar surface area (TPSA) is 35.2 Å². The van der Waals surface area contributed by atoms with Gasteiger partial charge in [-0.25, -0.2) is 0 Å². The van der Waals surface area contributed by atoms with E-state index in [4.69, 9.17) is 10.5 Å². The maximum Gasteiger partial charge on any atom is 0.124 e. The van der Waals surface area contributed by atoms with Crippen LogP contribution in [0.3, 0.4) is 0 Å². The van der Waals surface area contributed by atoms with Gasteiger partial charge in [0.05, 0.1) is 6.10 Å². The number of benzene rings is 1. The maximum absolute atomic E-state index is 6.08. The Balaban J connectivity index is 2.39. The van der Waals surface area contributed by atoms with Gasteiger partial charge in [0, 0.05) is 18.0 Å². The van der Waals surface area contributed by atoms with Gasteiger partial charge in [0.1, 0.15) is 5.75 Å². The normalized spacial score (nSPS) is 25.4. The van der Waals surface area contributed by atoms with Crippen LogP contribution >= 0.6 is 0 Å². The van der Waals surface area contributed by atoms with E-state index in [1.54, 1.807) is 0 Å². The number of fused-ring (bicyclic) bond motifs is 1. The molecule has 1 aromatic rings. The first-order chi connectivity index (χ1) is 6.70. The molecule has 1 aliphatic rings. The molecule has 0 bridgehead atoms. The average molecular weight is 191 g/mol. The fourth-order valence-electron chi connectivity index (χ4n) is 1.96. The Morgan fingerprint density at radius 2 is 2.29 bits per heavy atom. The molecule has 0 radical (unpaired) electrons. The van der Waals surface area contributed by atoms with Crippen LogP contribution in [0.5, 0.6) is 5.75 Å². The maximum atomic E-state index is 6.08. The Bertz CT molecular complexity index is 335. The predicted molar refractivity (Wildman–Crippen MR) is 57.5 cm³/mol. The minimum absolute atomic E-state index is 0.139. The largest absolute Gasteiger partial charge is 0.490 e. The van der Waals surface area contributed by atoms with Gasteiger partial charge >= 0.3 is 0 Å². The fourth-order valence-corrected chi connectivity index (χ4v) is 1.96. The predicted octanol–water partition coefficient (Wildman–Crippen LogP) is 2.42. The van der Waals surface area contributed by atoms with Crippen molar-refractivity contribution in [3.8, 4) is 5.75 Å². The molecular weight excluding hydrogens is 174 g/mol. The summed E-state index contributed by atoms with van der Waals surface area (Å²) in [6, 6.07) is 6.47. The summed E-state index contributed by atoms with van der Waals surface area (Å²) in [5.41, 5.74) is 8.58. The Labute approximate surface area is 85.1 Å². The molecule has 1 aliphatic heterocycles. The van der Waals surface area contributed by atoms with E-state index in [1.807, 2.05) is 6.07 Å². The highest BCUT2D eigenvalue weighted by molar-refractivity contribution is 5.41. The van der Waals surface area contributed by atoms with Crippen molar-refractivity contribution in [2.45, 2.75) is 38.8 Å². The van der Waals surface area contributed by atoms with E-state index in [2.05, 4.69) is 26.0 Å². The number of hydrogen-bond acceptors (Lipinski definition) is 2. The third-order valence-corrected chi connectivity index (χ3v) is 2.80. The quantitative estimate of drug-likeness (QED) is 0.740. The first-order valence-corrected chi connectivity index (χ1v) is 5.25. The Morgan fingerprint density at radius 3 is 3.00 bits per heavy atom. The molecule has 14 heavy (non-hydrogen) atoms. The van der Waals surface area contributed by atoms with Crippen LogP contribution in [0, 0.1) is 0 Å². The number of aryl methyl sites for hydroxylation is 1. The first-order valence-electron chi connectivity index (χ1n) is 5.25. The molecule has 76 valence electrons. The lowest BCUT2D eigenvalue weighted by Crippen LogP contribution is -2.27. The molecule has 2 heteroatoms. The van der Waals surface area contributed by atoms with Crippen molar-refractivity contribution < 1.29 is 4.74 Å². The zero-order valence-electron chi connectivity index (χ0n) is 8.79. The number of rotatable bonds is 1. The summed E-state index contributed by atoms with van der Waals surface area (Å²) in [4.78, 5) is 0. The molecule has 0 saturated heterocycles. The minimum atomic E-state index is 0.139. The second-order valence-electron chi connectivity index (χ2n) is 4.00. The molecule has 1 heterocycles. The first kappa shape index (κ1) is 9.53. The molecule has 2 atom stereocenters. The minimum Gasteiger partial charge on any atom is -0.490 e. The Kier molecular flexibility index (Phi) is 2.46. The third-order valence-electron chi connectivity index (χ3n) is 2.80. The molecule has 0 aliphatic carbocycles. The van der Waals surface area contributed by atoms with Crippen LogP contribution in [-0.4, -0.2) is 6.10 Å². The van der Waals surface area contributed by atoms with Gasteiger partial charge in [0.25, 0.3) is 0 Å². The Hall–Kier alpha value is -1.02. The summed E-state index contributed by atoms with van der Waals surface area (Å²) in [5.74, 6) is 0.966. The summed E-state index contributed by atoms with van der Waals surface area (Å²) in [6.07, 6.45) is 2.21. The Morgan fingerprint density at radius 1 is 1.50 bits per heavy atom. The summed E-state index contributed by atoms with van der Waals surface area (Å²) < 4.78 is 5.72. The van der Waals surface area contributed by atoms with E-state index < -0.39 is 0 Å². The van der Waals surface area contributed by atoms with Crippen molar-refractivity contribution in [1.82, 2.24) is 0 Å². The summed E-state index contributed by atoms with van der Waals surface area (Å²) in [5, 5.41) is 0. The lowest BCUT2D eigenvalue weighted by Gasteiger charge is -2.28. The van der Waals surface area contributed by atoms with Gasteiger partial charge in [-0.3, -0.25) is 0 Å². The van der Waals surface area contributed by atoms with Crippen molar-refractivity contribution in [1.29, 1.82) is 0 Å². The molecule has 2 rings (SSSR count). The lowest BCUT2D eigenvalue weighted by molar-refractivity contribution is 0.177. The van der Waals surface area contributed by atoms with Crippen molar-refractivity contribution in [3.63, 3.8) is 0 Å². The van der Waals surface area contributed by atoms with Crippen LogP contribution < -0.4 is 10.5 Å². The van der Waals surface area contributed by atoms with E-state index >= 15 is 0 Å². The molecular formula is C12H17NO. The summed E-state index contributed by atoms with van der Waals surface area (Å²) >= 11 is 0. The number of nitrogens with two attached hydrogens (primary N) is 1. The third kappa shape index (κ3) is 1.62.